The maximum absolute atomic E-state index is 13.9. The molecule has 172 valence electrons. The van der Waals surface area contributed by atoms with Crippen LogP contribution in [0.3, 0.4) is 0 Å². The summed E-state index contributed by atoms with van der Waals surface area (Å²) in [6.07, 6.45) is 4.93. The number of nitrogens with one attached hydrogen (secondary N) is 2. The molecule has 1 saturated heterocycles. The largest absolute Gasteiger partial charge is 0.352 e. The van der Waals surface area contributed by atoms with Crippen molar-refractivity contribution in [1.82, 2.24) is 15.5 Å². The molecule has 1 spiro atoms. The monoisotopic (exact) mass is 445 g/mol. The zero-order valence-electron chi connectivity index (χ0n) is 19.3. The number of imide groups is 1. The molecule has 3 atom stereocenters. The van der Waals surface area contributed by atoms with E-state index in [0.717, 1.165) is 41.5 Å². The molecule has 2 N–H and O–H groups in total. The van der Waals surface area contributed by atoms with Crippen LogP contribution >= 0.6 is 0 Å². The molecule has 5 rings (SSSR count). The predicted molar refractivity (Wildman–Crippen MR) is 125 cm³/mol. The summed E-state index contributed by atoms with van der Waals surface area (Å²) in [5.74, 6) is -0.117. The minimum absolute atomic E-state index is 0.0215. The molecule has 0 aromatic heterocycles. The average Bonchev–Trinajstić information content (AvgIpc) is 3.23. The Balaban J connectivity index is 1.47. The van der Waals surface area contributed by atoms with E-state index in [1.165, 1.54) is 11.3 Å². The number of urea groups is 1. The van der Waals surface area contributed by atoms with Crippen molar-refractivity contribution in [3.05, 3.63) is 70.8 Å². The number of carbonyl (C=O) groups is 3. The molecule has 3 aliphatic rings. The molecule has 2 aromatic carbocycles. The molecule has 4 amide bonds. The number of aryl methyl sites for hydroxylation is 2. The highest BCUT2D eigenvalue weighted by molar-refractivity contribution is 6.10. The van der Waals surface area contributed by atoms with Crippen LogP contribution in [0, 0.1) is 12.8 Å². The Morgan fingerprint density at radius 3 is 2.70 bits per heavy atom. The van der Waals surface area contributed by atoms with Crippen molar-refractivity contribution in [1.29, 1.82) is 0 Å². The summed E-state index contributed by atoms with van der Waals surface area (Å²) >= 11 is 0. The summed E-state index contributed by atoms with van der Waals surface area (Å²) < 4.78 is 0. The van der Waals surface area contributed by atoms with E-state index in [2.05, 4.69) is 10.6 Å². The van der Waals surface area contributed by atoms with Gasteiger partial charge in [0.05, 0.1) is 0 Å². The highest BCUT2D eigenvalue weighted by atomic mass is 16.2. The topological polar surface area (TPSA) is 78.5 Å². The van der Waals surface area contributed by atoms with Gasteiger partial charge in [-0.3, -0.25) is 9.59 Å². The highest BCUT2D eigenvalue weighted by Crippen LogP contribution is 2.42. The van der Waals surface area contributed by atoms with Crippen LogP contribution in [-0.4, -0.2) is 34.8 Å². The van der Waals surface area contributed by atoms with Crippen molar-refractivity contribution in [2.45, 2.75) is 70.0 Å². The second-order valence-electron chi connectivity index (χ2n) is 9.87. The maximum Gasteiger partial charge on any atom is 0.326 e. The summed E-state index contributed by atoms with van der Waals surface area (Å²) in [6.45, 7) is 4.02. The van der Waals surface area contributed by atoms with Crippen molar-refractivity contribution in [3.63, 3.8) is 0 Å². The Morgan fingerprint density at radius 2 is 1.97 bits per heavy atom. The molecular weight excluding hydrogens is 414 g/mol. The fourth-order valence-corrected chi connectivity index (χ4v) is 5.58. The number of amides is 4. The van der Waals surface area contributed by atoms with Gasteiger partial charge in [-0.2, -0.15) is 0 Å². The van der Waals surface area contributed by atoms with Crippen molar-refractivity contribution in [3.8, 4) is 0 Å². The molecular formula is C27H31N3O3. The van der Waals surface area contributed by atoms with Gasteiger partial charge in [-0.15, -0.1) is 0 Å². The van der Waals surface area contributed by atoms with Crippen molar-refractivity contribution < 1.29 is 14.4 Å². The number of rotatable bonds is 6. The van der Waals surface area contributed by atoms with E-state index in [-0.39, 0.29) is 17.9 Å². The summed E-state index contributed by atoms with van der Waals surface area (Å²) in [5, 5.41) is 6.09. The molecule has 6 nitrogen and oxygen atoms in total. The van der Waals surface area contributed by atoms with Gasteiger partial charge >= 0.3 is 6.03 Å². The van der Waals surface area contributed by atoms with Crippen LogP contribution in [0.5, 0.6) is 0 Å². The number of nitrogens with zero attached hydrogens (tertiary/aromatic N) is 1. The zero-order valence-corrected chi connectivity index (χ0v) is 19.3. The number of benzene rings is 2. The molecule has 2 unspecified atom stereocenters. The Morgan fingerprint density at radius 1 is 1.18 bits per heavy atom. The first-order chi connectivity index (χ1) is 15.9. The van der Waals surface area contributed by atoms with Gasteiger partial charge in [-0.05, 0) is 62.1 Å². The molecule has 2 aromatic rings. The SMILES string of the molecule is Cc1cccc(CC(C(=O)N[C@@H](C)C2CCC2)N2C(=O)NC3(CCc4ccccc43)C2=O)c1. The average molecular weight is 446 g/mol. The van der Waals surface area contributed by atoms with Gasteiger partial charge in [0.15, 0.2) is 0 Å². The lowest BCUT2D eigenvalue weighted by Crippen LogP contribution is -2.54. The smallest absolute Gasteiger partial charge is 0.326 e. The third-order valence-corrected chi connectivity index (χ3v) is 7.72. The zero-order chi connectivity index (χ0) is 23.2. The molecule has 1 saturated carbocycles. The molecule has 0 bridgehead atoms. The van der Waals surface area contributed by atoms with Crippen LogP contribution in [0.4, 0.5) is 4.79 Å². The fraction of sp³-hybridized carbons (Fsp3) is 0.444. The number of fused-ring (bicyclic) bond motifs is 2. The molecule has 1 heterocycles. The second-order valence-corrected chi connectivity index (χ2v) is 9.87. The lowest BCUT2D eigenvalue weighted by atomic mass is 9.80. The van der Waals surface area contributed by atoms with Crippen LogP contribution in [-0.2, 0) is 28.0 Å². The van der Waals surface area contributed by atoms with Crippen LogP contribution in [0.15, 0.2) is 48.5 Å². The van der Waals surface area contributed by atoms with Crippen LogP contribution in [0.2, 0.25) is 0 Å². The van der Waals surface area contributed by atoms with E-state index in [0.29, 0.717) is 18.8 Å². The fourth-order valence-electron chi connectivity index (χ4n) is 5.58. The first-order valence-corrected chi connectivity index (χ1v) is 12.0. The predicted octanol–water partition coefficient (Wildman–Crippen LogP) is 3.60. The lowest BCUT2D eigenvalue weighted by molar-refractivity contribution is -0.139. The molecule has 2 fully saturated rings. The molecule has 6 heteroatoms. The molecule has 1 aliphatic heterocycles. The minimum Gasteiger partial charge on any atom is -0.352 e. The first kappa shape index (κ1) is 21.7. The van der Waals surface area contributed by atoms with Gasteiger partial charge in [-0.1, -0.05) is 60.5 Å². The molecule has 2 aliphatic carbocycles. The minimum atomic E-state index is -1.07. The molecule has 33 heavy (non-hydrogen) atoms. The summed E-state index contributed by atoms with van der Waals surface area (Å²) in [4.78, 5) is 41.8. The maximum atomic E-state index is 13.9. The number of carbonyl (C=O) groups excluding carboxylic acids is 3. The van der Waals surface area contributed by atoms with Gasteiger partial charge in [0.1, 0.15) is 11.6 Å². The summed E-state index contributed by atoms with van der Waals surface area (Å²) in [6, 6.07) is 14.3. The normalized spacial score (nSPS) is 23.8. The first-order valence-electron chi connectivity index (χ1n) is 12.0. The highest BCUT2D eigenvalue weighted by Gasteiger charge is 2.57. The van der Waals surface area contributed by atoms with Crippen LogP contribution in [0.1, 0.15) is 54.9 Å². The van der Waals surface area contributed by atoms with Crippen molar-refractivity contribution >= 4 is 17.8 Å². The van der Waals surface area contributed by atoms with E-state index in [1.54, 1.807) is 0 Å². The van der Waals surface area contributed by atoms with Gasteiger partial charge in [0.2, 0.25) is 5.91 Å². The quantitative estimate of drug-likeness (QED) is 0.667. The standard InChI is InChI=1S/C27H31N3O3/c1-17-7-5-8-19(15-17)16-23(24(31)28-18(2)20-10-6-11-20)30-25(32)27(29-26(30)33)14-13-21-9-3-4-12-22(21)27/h3-5,7-9,12,15,18,20,23H,6,10-11,13-14,16H2,1-2H3,(H,28,31)(H,29,33)/t18-,23?,27?/m0/s1. The Kier molecular flexibility index (Phi) is 5.47. The van der Waals surface area contributed by atoms with E-state index >= 15 is 0 Å². The number of hydrogen-bond acceptors (Lipinski definition) is 3. The van der Waals surface area contributed by atoms with E-state index in [9.17, 15) is 14.4 Å². The lowest BCUT2D eigenvalue weighted by Gasteiger charge is -2.34. The van der Waals surface area contributed by atoms with Gasteiger partial charge < -0.3 is 10.6 Å². The molecule has 0 radical (unpaired) electrons. The summed E-state index contributed by atoms with van der Waals surface area (Å²) in [5.41, 5.74) is 2.86. The van der Waals surface area contributed by atoms with Gasteiger partial charge in [0.25, 0.3) is 5.91 Å². The van der Waals surface area contributed by atoms with Crippen LogP contribution < -0.4 is 10.6 Å². The Hall–Kier alpha value is -3.15. The number of hydrogen-bond donors (Lipinski definition) is 2. The van der Waals surface area contributed by atoms with E-state index < -0.39 is 17.6 Å². The van der Waals surface area contributed by atoms with Crippen molar-refractivity contribution in [2.75, 3.05) is 0 Å². The van der Waals surface area contributed by atoms with E-state index in [1.807, 2.05) is 62.4 Å². The van der Waals surface area contributed by atoms with E-state index in [4.69, 9.17) is 0 Å². The third kappa shape index (κ3) is 3.71. The second kappa shape index (κ2) is 8.32. The van der Waals surface area contributed by atoms with Crippen molar-refractivity contribution in [2.24, 2.45) is 5.92 Å². The van der Waals surface area contributed by atoms with Gasteiger partial charge in [0, 0.05) is 12.5 Å². The van der Waals surface area contributed by atoms with Crippen LogP contribution in [0.25, 0.3) is 0 Å². The Bertz CT molecular complexity index is 1110. The third-order valence-electron chi connectivity index (χ3n) is 7.72. The van der Waals surface area contributed by atoms with Gasteiger partial charge in [-0.25, -0.2) is 9.69 Å². The Labute approximate surface area is 194 Å². The summed E-state index contributed by atoms with van der Waals surface area (Å²) in [7, 11) is 0.